The number of carboxylic acid groups (broad SMARTS) is 1. The van der Waals surface area contributed by atoms with Crippen LogP contribution in [0.5, 0.6) is 11.5 Å². The fourth-order valence-electron chi connectivity index (χ4n) is 3.92. The Morgan fingerprint density at radius 2 is 1.97 bits per heavy atom. The van der Waals surface area contributed by atoms with E-state index in [1.807, 2.05) is 22.9 Å². The second kappa shape index (κ2) is 8.65. The van der Waals surface area contributed by atoms with Crippen LogP contribution in [-0.2, 0) is 0 Å². The second-order valence-corrected chi connectivity index (χ2v) is 7.88. The predicted octanol–water partition coefficient (Wildman–Crippen LogP) is 3.82. The number of urea groups is 1. The standard InChI is InChI=1S/C22H21N3O5S/c1-2-30-16-9-14(8-15(20(16)26)21(27)28)19-17(13-5-7-31-11-13)18(24-22(29)25-19)12-4-3-6-23-10-12/h3-11,17-19,26H,2H2,1H3,(H,27,28)(H2,24,25,29)/t17?,18?,19-/m0/s1. The summed E-state index contributed by atoms with van der Waals surface area (Å²) >= 11 is 1.54. The van der Waals surface area contributed by atoms with Gasteiger partial charge in [-0.05, 0) is 58.6 Å². The van der Waals surface area contributed by atoms with Gasteiger partial charge in [-0.2, -0.15) is 11.3 Å². The van der Waals surface area contributed by atoms with Crippen molar-refractivity contribution in [2.75, 3.05) is 6.61 Å². The average Bonchev–Trinajstić information content (AvgIpc) is 3.29. The van der Waals surface area contributed by atoms with Crippen molar-refractivity contribution in [3.63, 3.8) is 0 Å². The molecule has 3 heterocycles. The normalized spacial score (nSPS) is 20.5. The topological polar surface area (TPSA) is 121 Å². The minimum absolute atomic E-state index is 0.0622. The minimum Gasteiger partial charge on any atom is -0.504 e. The number of carbonyl (C=O) groups excluding carboxylic acids is 1. The van der Waals surface area contributed by atoms with E-state index in [0.29, 0.717) is 5.56 Å². The highest BCUT2D eigenvalue weighted by molar-refractivity contribution is 7.08. The van der Waals surface area contributed by atoms with Gasteiger partial charge in [0.1, 0.15) is 5.56 Å². The molecule has 0 aliphatic carbocycles. The van der Waals surface area contributed by atoms with Gasteiger partial charge >= 0.3 is 12.0 Å². The Hall–Kier alpha value is -3.59. The largest absolute Gasteiger partial charge is 0.504 e. The van der Waals surface area contributed by atoms with E-state index in [1.165, 1.54) is 17.4 Å². The Labute approximate surface area is 182 Å². The number of carbonyl (C=O) groups is 2. The van der Waals surface area contributed by atoms with Crippen LogP contribution in [0.3, 0.4) is 0 Å². The number of thiophene rings is 1. The van der Waals surface area contributed by atoms with Crippen LogP contribution in [0.2, 0.25) is 0 Å². The van der Waals surface area contributed by atoms with E-state index in [2.05, 4.69) is 15.6 Å². The van der Waals surface area contributed by atoms with Gasteiger partial charge < -0.3 is 25.6 Å². The number of ether oxygens (including phenoxy) is 1. The average molecular weight is 439 g/mol. The number of nitrogens with one attached hydrogen (secondary N) is 2. The van der Waals surface area contributed by atoms with Crippen LogP contribution >= 0.6 is 11.3 Å². The SMILES string of the molecule is CCOc1cc([C@@H]2NC(=O)NC(c3cccnc3)C2c2ccsc2)cc(C(=O)O)c1O. The lowest BCUT2D eigenvalue weighted by atomic mass is 9.78. The first-order valence-electron chi connectivity index (χ1n) is 9.71. The quantitative estimate of drug-likeness (QED) is 0.463. The highest BCUT2D eigenvalue weighted by Crippen LogP contribution is 2.45. The molecule has 2 unspecified atom stereocenters. The number of hydrogen-bond donors (Lipinski definition) is 4. The predicted molar refractivity (Wildman–Crippen MR) is 115 cm³/mol. The Bertz CT molecular complexity index is 1090. The maximum atomic E-state index is 12.6. The van der Waals surface area contributed by atoms with Gasteiger partial charge in [0.2, 0.25) is 0 Å². The Kier molecular flexibility index (Phi) is 5.77. The molecule has 2 amide bonds. The van der Waals surface area contributed by atoms with Crippen LogP contribution in [0, 0.1) is 0 Å². The lowest BCUT2D eigenvalue weighted by Gasteiger charge is -2.40. The van der Waals surface area contributed by atoms with E-state index < -0.39 is 17.8 Å². The summed E-state index contributed by atoms with van der Waals surface area (Å²) in [6.45, 7) is 1.99. The fourth-order valence-corrected chi connectivity index (χ4v) is 4.63. The number of benzene rings is 1. The molecule has 9 heteroatoms. The van der Waals surface area contributed by atoms with Crippen molar-refractivity contribution in [3.8, 4) is 11.5 Å². The number of rotatable bonds is 6. The molecule has 1 aromatic carbocycles. The van der Waals surface area contributed by atoms with Crippen LogP contribution in [0.1, 0.15) is 52.0 Å². The number of aromatic hydroxyl groups is 1. The molecule has 160 valence electrons. The van der Waals surface area contributed by atoms with E-state index in [4.69, 9.17) is 4.74 Å². The van der Waals surface area contributed by atoms with Gasteiger partial charge in [0.25, 0.3) is 0 Å². The van der Waals surface area contributed by atoms with Crippen LogP contribution < -0.4 is 15.4 Å². The van der Waals surface area contributed by atoms with Gasteiger partial charge in [-0.15, -0.1) is 0 Å². The number of pyridine rings is 1. The zero-order chi connectivity index (χ0) is 22.0. The summed E-state index contributed by atoms with van der Waals surface area (Å²) in [5, 5.41) is 29.8. The third kappa shape index (κ3) is 4.04. The summed E-state index contributed by atoms with van der Waals surface area (Å²) in [6.07, 6.45) is 3.37. The highest BCUT2D eigenvalue weighted by atomic mass is 32.1. The van der Waals surface area contributed by atoms with Crippen molar-refractivity contribution in [3.05, 3.63) is 75.7 Å². The molecule has 2 aromatic heterocycles. The zero-order valence-electron chi connectivity index (χ0n) is 16.6. The van der Waals surface area contributed by atoms with E-state index in [0.717, 1.165) is 11.1 Å². The summed E-state index contributed by atoms with van der Waals surface area (Å²) in [5.41, 5.74) is 2.06. The van der Waals surface area contributed by atoms with Crippen LogP contribution in [0.4, 0.5) is 4.79 Å². The molecule has 3 aromatic rings. The number of hydrogen-bond acceptors (Lipinski definition) is 6. The van der Waals surface area contributed by atoms with Gasteiger partial charge in [-0.25, -0.2) is 9.59 Å². The molecule has 0 spiro atoms. The third-order valence-electron chi connectivity index (χ3n) is 5.25. The molecule has 1 aliphatic heterocycles. The number of aromatic carboxylic acids is 1. The Morgan fingerprint density at radius 3 is 2.58 bits per heavy atom. The first kappa shape index (κ1) is 20.7. The molecule has 0 saturated carbocycles. The maximum absolute atomic E-state index is 12.6. The molecule has 31 heavy (non-hydrogen) atoms. The smallest absolute Gasteiger partial charge is 0.339 e. The van der Waals surface area contributed by atoms with Gasteiger partial charge in [-0.1, -0.05) is 6.07 Å². The molecule has 4 N–H and O–H groups in total. The minimum atomic E-state index is -1.28. The lowest BCUT2D eigenvalue weighted by molar-refractivity contribution is 0.0692. The summed E-state index contributed by atoms with van der Waals surface area (Å²) < 4.78 is 5.47. The number of aromatic nitrogens is 1. The Morgan fingerprint density at radius 1 is 1.19 bits per heavy atom. The number of phenols is 1. The van der Waals surface area contributed by atoms with E-state index >= 15 is 0 Å². The summed E-state index contributed by atoms with van der Waals surface area (Å²) in [4.78, 5) is 28.5. The fraction of sp³-hybridized carbons (Fsp3) is 0.227. The van der Waals surface area contributed by atoms with Crippen molar-refractivity contribution in [2.45, 2.75) is 24.9 Å². The third-order valence-corrected chi connectivity index (χ3v) is 5.95. The van der Waals surface area contributed by atoms with Crippen molar-refractivity contribution in [1.29, 1.82) is 0 Å². The second-order valence-electron chi connectivity index (χ2n) is 7.10. The molecular formula is C22H21N3O5S. The molecule has 1 saturated heterocycles. The summed E-state index contributed by atoms with van der Waals surface area (Å²) in [6, 6.07) is 7.31. The van der Waals surface area contributed by atoms with Gasteiger partial charge in [0.15, 0.2) is 11.5 Å². The van der Waals surface area contributed by atoms with E-state index in [-0.39, 0.29) is 35.9 Å². The number of amides is 2. The zero-order valence-corrected chi connectivity index (χ0v) is 17.4. The molecule has 1 fully saturated rings. The van der Waals surface area contributed by atoms with Gasteiger partial charge in [0.05, 0.1) is 18.7 Å². The first-order valence-corrected chi connectivity index (χ1v) is 10.7. The summed E-state index contributed by atoms with van der Waals surface area (Å²) in [5.74, 6) is -1.91. The molecule has 0 radical (unpaired) electrons. The molecule has 4 rings (SSSR count). The number of nitrogens with zero attached hydrogens (tertiary/aromatic N) is 1. The van der Waals surface area contributed by atoms with Crippen molar-refractivity contribution >= 4 is 23.3 Å². The van der Waals surface area contributed by atoms with Crippen molar-refractivity contribution in [1.82, 2.24) is 15.6 Å². The maximum Gasteiger partial charge on any atom is 0.339 e. The molecule has 3 atom stereocenters. The summed E-state index contributed by atoms with van der Waals surface area (Å²) in [7, 11) is 0. The van der Waals surface area contributed by atoms with Gasteiger partial charge in [-0.3, -0.25) is 4.98 Å². The lowest BCUT2D eigenvalue weighted by Crippen LogP contribution is -2.50. The molecule has 1 aliphatic rings. The van der Waals surface area contributed by atoms with Crippen molar-refractivity contribution in [2.24, 2.45) is 0 Å². The Balaban J connectivity index is 1.87. The molecule has 8 nitrogen and oxygen atoms in total. The van der Waals surface area contributed by atoms with Crippen LogP contribution in [-0.4, -0.2) is 33.8 Å². The van der Waals surface area contributed by atoms with Crippen LogP contribution in [0.25, 0.3) is 0 Å². The van der Waals surface area contributed by atoms with Gasteiger partial charge in [0, 0.05) is 18.3 Å². The van der Waals surface area contributed by atoms with E-state index in [9.17, 15) is 19.8 Å². The number of carboxylic acids is 1. The van der Waals surface area contributed by atoms with Crippen molar-refractivity contribution < 1.29 is 24.5 Å². The van der Waals surface area contributed by atoms with Crippen LogP contribution in [0.15, 0.2) is 53.5 Å². The van der Waals surface area contributed by atoms with E-state index in [1.54, 1.807) is 31.5 Å². The monoisotopic (exact) mass is 439 g/mol. The molecule has 0 bridgehead atoms. The first-order chi connectivity index (χ1) is 15.0. The molecular weight excluding hydrogens is 418 g/mol. The highest BCUT2D eigenvalue weighted by Gasteiger charge is 2.40.